The highest BCUT2D eigenvalue weighted by molar-refractivity contribution is 9.10. The number of halogens is 1. The molecule has 1 heterocycles. The molecule has 7 heteroatoms. The number of hydrazone groups is 1. The Morgan fingerprint density at radius 2 is 1.96 bits per heavy atom. The van der Waals surface area contributed by atoms with Crippen LogP contribution >= 0.6 is 15.9 Å². The lowest BCUT2D eigenvalue weighted by Gasteiger charge is -2.02. The number of nitrogens with zero attached hydrogens (tertiary/aromatic N) is 2. The highest BCUT2D eigenvalue weighted by Crippen LogP contribution is 2.13. The van der Waals surface area contributed by atoms with Gasteiger partial charge in [0, 0.05) is 10.0 Å². The Morgan fingerprint density at radius 3 is 2.79 bits per heavy atom. The van der Waals surface area contributed by atoms with Crippen LogP contribution in [0.2, 0.25) is 0 Å². The Balaban J connectivity index is 1.70. The molecule has 0 bridgehead atoms. The summed E-state index contributed by atoms with van der Waals surface area (Å²) >= 11 is 3.39. The number of amides is 1. The molecule has 24 heavy (non-hydrogen) atoms. The maximum atomic E-state index is 12.0. The molecule has 0 radical (unpaired) electrons. The lowest BCUT2D eigenvalue weighted by molar-refractivity contribution is -0.120. The molecule has 2 aromatic carbocycles. The summed E-state index contributed by atoms with van der Waals surface area (Å²) in [6.07, 6.45) is 1.38. The number of benzene rings is 2. The molecule has 3 aromatic rings. The number of fused-ring (bicyclic) bond motifs is 1. The SMILES string of the molecule is O=C(Cc1nc2ccccc2[nH]c1=O)N/N=C/c1ccccc1Br. The molecule has 1 amide bonds. The van der Waals surface area contributed by atoms with Gasteiger partial charge in [-0.2, -0.15) is 5.10 Å². The van der Waals surface area contributed by atoms with Crippen LogP contribution in [0.1, 0.15) is 11.3 Å². The third-order valence-corrected chi connectivity index (χ3v) is 4.02. The van der Waals surface area contributed by atoms with Gasteiger partial charge in [-0.05, 0) is 18.2 Å². The smallest absolute Gasteiger partial charge is 0.270 e. The van der Waals surface area contributed by atoms with Gasteiger partial charge in [0.1, 0.15) is 5.69 Å². The van der Waals surface area contributed by atoms with Crippen molar-refractivity contribution in [3.8, 4) is 0 Å². The summed E-state index contributed by atoms with van der Waals surface area (Å²) in [5, 5.41) is 3.90. The normalized spacial score (nSPS) is 11.0. The van der Waals surface area contributed by atoms with Crippen molar-refractivity contribution in [3.63, 3.8) is 0 Å². The molecule has 120 valence electrons. The van der Waals surface area contributed by atoms with Gasteiger partial charge in [0.2, 0.25) is 5.91 Å². The van der Waals surface area contributed by atoms with Crippen molar-refractivity contribution in [2.75, 3.05) is 0 Å². The largest absolute Gasteiger partial charge is 0.319 e. The molecule has 3 rings (SSSR count). The van der Waals surface area contributed by atoms with E-state index < -0.39 is 5.91 Å². The number of nitrogens with one attached hydrogen (secondary N) is 2. The molecular formula is C17H13BrN4O2. The van der Waals surface area contributed by atoms with Crippen LogP contribution in [-0.2, 0) is 11.2 Å². The van der Waals surface area contributed by atoms with Crippen molar-refractivity contribution in [2.24, 2.45) is 5.10 Å². The molecule has 2 N–H and O–H groups in total. The molecule has 0 aliphatic rings. The van der Waals surface area contributed by atoms with Gasteiger partial charge in [-0.15, -0.1) is 0 Å². The molecule has 0 atom stereocenters. The Labute approximate surface area is 145 Å². The van der Waals surface area contributed by atoms with E-state index in [1.807, 2.05) is 36.4 Å². The fraction of sp³-hybridized carbons (Fsp3) is 0.0588. The van der Waals surface area contributed by atoms with Gasteiger partial charge in [-0.3, -0.25) is 9.59 Å². The van der Waals surface area contributed by atoms with Gasteiger partial charge in [0.15, 0.2) is 0 Å². The molecule has 0 aliphatic heterocycles. The average molecular weight is 385 g/mol. The van der Waals surface area contributed by atoms with Crippen LogP contribution in [0, 0.1) is 0 Å². The fourth-order valence-corrected chi connectivity index (χ4v) is 2.52. The lowest BCUT2D eigenvalue weighted by atomic mass is 10.2. The molecule has 0 spiro atoms. The van der Waals surface area contributed by atoms with Crippen LogP contribution in [0.15, 0.2) is 62.9 Å². The first-order chi connectivity index (χ1) is 11.6. The minimum atomic E-state index is -0.411. The van der Waals surface area contributed by atoms with Crippen LogP contribution in [0.25, 0.3) is 11.0 Å². The number of carbonyl (C=O) groups excluding carboxylic acids is 1. The minimum Gasteiger partial charge on any atom is -0.319 e. The number of hydrogen-bond acceptors (Lipinski definition) is 4. The molecular weight excluding hydrogens is 372 g/mol. The van der Waals surface area contributed by atoms with E-state index in [1.54, 1.807) is 12.1 Å². The number of H-pyrrole nitrogens is 1. The maximum absolute atomic E-state index is 12.0. The van der Waals surface area contributed by atoms with E-state index in [1.165, 1.54) is 6.21 Å². The zero-order chi connectivity index (χ0) is 16.9. The maximum Gasteiger partial charge on any atom is 0.270 e. The standard InChI is InChI=1S/C17H13BrN4O2/c18-12-6-2-1-5-11(12)10-19-22-16(23)9-15-17(24)21-14-8-4-3-7-13(14)20-15/h1-8,10H,9H2,(H,21,24)(H,22,23)/b19-10+. The molecule has 0 saturated heterocycles. The predicted molar refractivity (Wildman–Crippen MR) is 95.9 cm³/mol. The molecule has 0 fully saturated rings. The van der Waals surface area contributed by atoms with E-state index in [4.69, 9.17) is 0 Å². The van der Waals surface area contributed by atoms with Gasteiger partial charge in [0.25, 0.3) is 5.56 Å². The first kappa shape index (κ1) is 16.1. The van der Waals surface area contributed by atoms with Crippen LogP contribution in [0.4, 0.5) is 0 Å². The van der Waals surface area contributed by atoms with Gasteiger partial charge < -0.3 is 4.98 Å². The summed E-state index contributed by atoms with van der Waals surface area (Å²) in [5.41, 5.74) is 4.28. The van der Waals surface area contributed by atoms with Crippen molar-refractivity contribution in [3.05, 3.63) is 74.6 Å². The third-order valence-electron chi connectivity index (χ3n) is 3.30. The highest BCUT2D eigenvalue weighted by atomic mass is 79.9. The van der Waals surface area contributed by atoms with E-state index in [0.29, 0.717) is 11.0 Å². The highest BCUT2D eigenvalue weighted by Gasteiger charge is 2.09. The Hall–Kier alpha value is -2.80. The molecule has 0 saturated carbocycles. The predicted octanol–water partition coefficient (Wildman–Crippen LogP) is 2.38. The number of para-hydroxylation sites is 2. The van der Waals surface area contributed by atoms with Crippen LogP contribution in [0.3, 0.4) is 0 Å². The van der Waals surface area contributed by atoms with Gasteiger partial charge >= 0.3 is 0 Å². The van der Waals surface area contributed by atoms with Crippen LogP contribution in [0.5, 0.6) is 0 Å². The van der Waals surface area contributed by atoms with E-state index in [0.717, 1.165) is 10.0 Å². The molecule has 0 aliphatic carbocycles. The second kappa shape index (κ2) is 7.18. The molecule has 0 unspecified atom stereocenters. The second-order valence-corrected chi connectivity index (χ2v) is 5.88. The zero-order valence-corrected chi connectivity index (χ0v) is 14.1. The summed E-state index contributed by atoms with van der Waals surface area (Å²) in [5.74, 6) is -0.411. The number of aromatic nitrogens is 2. The van der Waals surface area contributed by atoms with Crippen molar-refractivity contribution in [1.29, 1.82) is 0 Å². The minimum absolute atomic E-state index is 0.145. The first-order valence-corrected chi connectivity index (χ1v) is 7.97. The lowest BCUT2D eigenvalue weighted by Crippen LogP contribution is -2.25. The van der Waals surface area contributed by atoms with Crippen LogP contribution in [-0.4, -0.2) is 22.1 Å². The van der Waals surface area contributed by atoms with E-state index in [2.05, 4.69) is 36.4 Å². The number of rotatable bonds is 4. The number of aromatic amines is 1. The number of hydrogen-bond donors (Lipinski definition) is 2. The topological polar surface area (TPSA) is 87.2 Å². The number of carbonyl (C=O) groups is 1. The van der Waals surface area contributed by atoms with Gasteiger partial charge in [-0.25, -0.2) is 10.4 Å². The summed E-state index contributed by atoms with van der Waals surface area (Å²) < 4.78 is 0.871. The van der Waals surface area contributed by atoms with Gasteiger partial charge in [-0.1, -0.05) is 46.3 Å². The van der Waals surface area contributed by atoms with Crippen LogP contribution < -0.4 is 11.0 Å². The Bertz CT molecular complexity index is 981. The third kappa shape index (κ3) is 3.75. The summed E-state index contributed by atoms with van der Waals surface area (Å²) in [4.78, 5) is 30.9. The monoisotopic (exact) mass is 384 g/mol. The van der Waals surface area contributed by atoms with Gasteiger partial charge in [0.05, 0.1) is 23.7 Å². The van der Waals surface area contributed by atoms with Crippen molar-refractivity contribution in [1.82, 2.24) is 15.4 Å². The zero-order valence-electron chi connectivity index (χ0n) is 12.5. The van der Waals surface area contributed by atoms with E-state index in [-0.39, 0.29) is 17.7 Å². The molecule has 1 aromatic heterocycles. The summed E-state index contributed by atoms with van der Waals surface area (Å²) in [7, 11) is 0. The summed E-state index contributed by atoms with van der Waals surface area (Å²) in [6.45, 7) is 0. The van der Waals surface area contributed by atoms with E-state index in [9.17, 15) is 9.59 Å². The van der Waals surface area contributed by atoms with E-state index >= 15 is 0 Å². The van der Waals surface area contributed by atoms with Crippen molar-refractivity contribution in [2.45, 2.75) is 6.42 Å². The quantitative estimate of drug-likeness (QED) is 0.534. The first-order valence-electron chi connectivity index (χ1n) is 7.18. The van der Waals surface area contributed by atoms with Crippen molar-refractivity contribution >= 4 is 39.1 Å². The summed E-state index contributed by atoms with van der Waals surface area (Å²) in [6, 6.07) is 14.6. The fourth-order valence-electron chi connectivity index (χ4n) is 2.13. The Kier molecular flexibility index (Phi) is 4.81. The molecule has 6 nitrogen and oxygen atoms in total. The Morgan fingerprint density at radius 1 is 1.21 bits per heavy atom. The average Bonchev–Trinajstić information content (AvgIpc) is 2.57. The second-order valence-electron chi connectivity index (χ2n) is 5.02. The van der Waals surface area contributed by atoms with Crippen molar-refractivity contribution < 1.29 is 4.79 Å².